The molecule has 0 aliphatic rings. The second-order valence-electron chi connectivity index (χ2n) is 3.48. The fourth-order valence-electron chi connectivity index (χ4n) is 1.33. The average molecular weight is 267 g/mol. The highest BCUT2D eigenvalue weighted by atomic mass is 35.5. The number of carbonyl (C=O) groups excluding carboxylic acids is 1. The van der Waals surface area contributed by atoms with Gasteiger partial charge in [-0.1, -0.05) is 11.6 Å². The maximum Gasteiger partial charge on any atom is 0.278 e. The van der Waals surface area contributed by atoms with E-state index in [1.54, 1.807) is 0 Å². The average Bonchev–Trinajstić information content (AvgIpc) is 2.32. The predicted octanol–water partition coefficient (Wildman–Crippen LogP) is 2.83. The third-order valence-electron chi connectivity index (χ3n) is 2.15. The Morgan fingerprint density at radius 3 is 2.61 bits per heavy atom. The van der Waals surface area contributed by atoms with E-state index >= 15 is 0 Å². The molecule has 2 aromatic rings. The van der Waals surface area contributed by atoms with Crippen molar-refractivity contribution in [3.63, 3.8) is 0 Å². The highest BCUT2D eigenvalue weighted by Crippen LogP contribution is 2.20. The molecule has 4 nitrogen and oxygen atoms in total. The minimum absolute atomic E-state index is 0.149. The van der Waals surface area contributed by atoms with Crippen molar-refractivity contribution >= 4 is 23.2 Å². The van der Waals surface area contributed by atoms with Gasteiger partial charge in [0, 0.05) is 18.0 Å². The Morgan fingerprint density at radius 2 is 2.00 bits per heavy atom. The first-order chi connectivity index (χ1) is 8.56. The van der Waals surface area contributed by atoms with E-state index in [2.05, 4.69) is 10.3 Å². The van der Waals surface area contributed by atoms with Gasteiger partial charge in [0.2, 0.25) is 0 Å². The quantitative estimate of drug-likeness (QED) is 0.879. The maximum atomic E-state index is 12.7. The molecule has 1 aromatic carbocycles. The van der Waals surface area contributed by atoms with Gasteiger partial charge in [0.1, 0.15) is 11.6 Å². The summed E-state index contributed by atoms with van der Waals surface area (Å²) >= 11 is 5.60. The zero-order valence-corrected chi connectivity index (χ0v) is 9.78. The first-order valence-electron chi connectivity index (χ1n) is 4.97. The van der Waals surface area contributed by atoms with Gasteiger partial charge in [0.05, 0.1) is 5.02 Å². The number of anilines is 1. The summed E-state index contributed by atoms with van der Waals surface area (Å²) in [6.45, 7) is 0. The summed E-state index contributed by atoms with van der Waals surface area (Å²) in [7, 11) is 0. The van der Waals surface area contributed by atoms with E-state index in [9.17, 15) is 14.3 Å². The lowest BCUT2D eigenvalue weighted by atomic mass is 10.2. The lowest BCUT2D eigenvalue weighted by Crippen LogP contribution is -2.13. The number of hydrogen-bond acceptors (Lipinski definition) is 3. The van der Waals surface area contributed by atoms with Crippen LogP contribution in [0.1, 0.15) is 10.5 Å². The second kappa shape index (κ2) is 5.01. The van der Waals surface area contributed by atoms with Crippen molar-refractivity contribution in [3.05, 3.63) is 53.1 Å². The van der Waals surface area contributed by atoms with E-state index in [-0.39, 0.29) is 16.5 Å². The number of rotatable bonds is 2. The Hall–Kier alpha value is -2.14. The Bertz CT molecular complexity index is 587. The Morgan fingerprint density at radius 1 is 1.33 bits per heavy atom. The van der Waals surface area contributed by atoms with Crippen LogP contribution < -0.4 is 5.32 Å². The summed E-state index contributed by atoms with van der Waals surface area (Å²) in [5.74, 6) is -1.32. The van der Waals surface area contributed by atoms with Crippen LogP contribution in [0.3, 0.4) is 0 Å². The molecule has 92 valence electrons. The standard InChI is InChI=1S/C12H8ClFN2O2/c13-7-5-10(17)11(15-6-7)12(18)16-9-3-1-8(14)2-4-9/h1-6,17H,(H,16,18). The first-order valence-corrected chi connectivity index (χ1v) is 5.35. The van der Waals surface area contributed by atoms with Crippen LogP contribution in [-0.4, -0.2) is 16.0 Å². The summed E-state index contributed by atoms with van der Waals surface area (Å²) in [6, 6.07) is 6.45. The van der Waals surface area contributed by atoms with E-state index in [1.165, 1.54) is 36.5 Å². The number of amides is 1. The number of aromatic nitrogens is 1. The second-order valence-corrected chi connectivity index (χ2v) is 3.92. The number of carbonyl (C=O) groups is 1. The third-order valence-corrected chi connectivity index (χ3v) is 2.36. The largest absolute Gasteiger partial charge is 0.505 e. The molecule has 0 bridgehead atoms. The monoisotopic (exact) mass is 266 g/mol. The molecule has 0 saturated carbocycles. The topological polar surface area (TPSA) is 62.2 Å². The molecule has 1 aromatic heterocycles. The van der Waals surface area contributed by atoms with Crippen molar-refractivity contribution in [2.45, 2.75) is 0 Å². The number of aromatic hydroxyl groups is 1. The molecule has 1 heterocycles. The Labute approximate surface area is 107 Å². The van der Waals surface area contributed by atoms with Gasteiger partial charge in [-0.25, -0.2) is 9.37 Å². The summed E-state index contributed by atoms with van der Waals surface area (Å²) in [4.78, 5) is 15.5. The molecule has 2 rings (SSSR count). The number of hydrogen-bond donors (Lipinski definition) is 2. The van der Waals surface area contributed by atoms with Gasteiger partial charge in [-0.3, -0.25) is 4.79 Å². The lowest BCUT2D eigenvalue weighted by Gasteiger charge is -2.06. The summed E-state index contributed by atoms with van der Waals surface area (Å²) < 4.78 is 12.7. The van der Waals surface area contributed by atoms with Gasteiger partial charge < -0.3 is 10.4 Å². The molecule has 0 spiro atoms. The van der Waals surface area contributed by atoms with Gasteiger partial charge in [0.25, 0.3) is 5.91 Å². The number of benzene rings is 1. The van der Waals surface area contributed by atoms with Crippen molar-refractivity contribution < 1.29 is 14.3 Å². The molecule has 0 radical (unpaired) electrons. The molecule has 0 saturated heterocycles. The number of halogens is 2. The van der Waals surface area contributed by atoms with Crippen molar-refractivity contribution in [2.24, 2.45) is 0 Å². The van der Waals surface area contributed by atoms with Gasteiger partial charge in [0.15, 0.2) is 5.69 Å². The van der Waals surface area contributed by atoms with Crippen molar-refractivity contribution in [1.29, 1.82) is 0 Å². The first kappa shape index (κ1) is 12.3. The molecular formula is C12H8ClFN2O2. The number of nitrogens with one attached hydrogen (secondary N) is 1. The van der Waals surface area contributed by atoms with E-state index in [0.717, 1.165) is 0 Å². The summed E-state index contributed by atoms with van der Waals surface area (Å²) in [6.07, 6.45) is 1.25. The molecule has 0 unspecified atom stereocenters. The molecule has 2 N–H and O–H groups in total. The van der Waals surface area contributed by atoms with E-state index in [1.807, 2.05) is 0 Å². The van der Waals surface area contributed by atoms with E-state index < -0.39 is 11.7 Å². The van der Waals surface area contributed by atoms with Crippen LogP contribution in [0.5, 0.6) is 5.75 Å². The highest BCUT2D eigenvalue weighted by molar-refractivity contribution is 6.30. The SMILES string of the molecule is O=C(Nc1ccc(F)cc1)c1ncc(Cl)cc1O. The molecule has 1 amide bonds. The predicted molar refractivity (Wildman–Crippen MR) is 65.3 cm³/mol. The maximum absolute atomic E-state index is 12.7. The van der Waals surface area contributed by atoms with Gasteiger partial charge >= 0.3 is 0 Å². The Balaban J connectivity index is 2.19. The normalized spacial score (nSPS) is 10.1. The van der Waals surface area contributed by atoms with E-state index in [0.29, 0.717) is 5.69 Å². The zero-order chi connectivity index (χ0) is 13.1. The molecule has 18 heavy (non-hydrogen) atoms. The zero-order valence-electron chi connectivity index (χ0n) is 9.02. The highest BCUT2D eigenvalue weighted by Gasteiger charge is 2.13. The minimum Gasteiger partial charge on any atom is -0.505 e. The minimum atomic E-state index is -0.601. The number of nitrogens with zero attached hydrogens (tertiary/aromatic N) is 1. The lowest BCUT2D eigenvalue weighted by molar-refractivity contribution is 0.101. The molecule has 0 aliphatic carbocycles. The van der Waals surface area contributed by atoms with Gasteiger partial charge in [-0.05, 0) is 24.3 Å². The van der Waals surface area contributed by atoms with Crippen LogP contribution in [0, 0.1) is 5.82 Å². The molecule has 6 heteroatoms. The molecule has 0 atom stereocenters. The van der Waals surface area contributed by atoms with Crippen LogP contribution in [0.2, 0.25) is 5.02 Å². The van der Waals surface area contributed by atoms with Gasteiger partial charge in [-0.15, -0.1) is 0 Å². The molecule has 0 fully saturated rings. The molecule has 0 aliphatic heterocycles. The third kappa shape index (κ3) is 2.75. The smallest absolute Gasteiger partial charge is 0.278 e. The van der Waals surface area contributed by atoms with Crippen molar-refractivity contribution in [3.8, 4) is 5.75 Å². The van der Waals surface area contributed by atoms with Crippen LogP contribution in [0.25, 0.3) is 0 Å². The Kier molecular flexibility index (Phi) is 3.43. The summed E-state index contributed by atoms with van der Waals surface area (Å²) in [5, 5.41) is 12.2. The van der Waals surface area contributed by atoms with Crippen LogP contribution in [0.15, 0.2) is 36.5 Å². The fraction of sp³-hybridized carbons (Fsp3) is 0. The van der Waals surface area contributed by atoms with Crippen molar-refractivity contribution in [2.75, 3.05) is 5.32 Å². The van der Waals surface area contributed by atoms with Crippen LogP contribution in [-0.2, 0) is 0 Å². The summed E-state index contributed by atoms with van der Waals surface area (Å²) in [5.41, 5.74) is 0.251. The van der Waals surface area contributed by atoms with E-state index in [4.69, 9.17) is 11.6 Å². The number of pyridine rings is 1. The van der Waals surface area contributed by atoms with Gasteiger partial charge in [-0.2, -0.15) is 0 Å². The van der Waals surface area contributed by atoms with Crippen molar-refractivity contribution in [1.82, 2.24) is 4.98 Å². The molecular weight excluding hydrogens is 259 g/mol. The van der Waals surface area contributed by atoms with Crippen LogP contribution in [0.4, 0.5) is 10.1 Å². The fourth-order valence-corrected chi connectivity index (χ4v) is 1.48. The van der Waals surface area contributed by atoms with Crippen LogP contribution >= 0.6 is 11.6 Å².